The van der Waals surface area contributed by atoms with Gasteiger partial charge >= 0.3 is 0 Å². The number of benzene rings is 1. The highest BCUT2D eigenvalue weighted by molar-refractivity contribution is 9.10. The number of rotatable bonds is 1. The molecule has 0 saturated carbocycles. The van der Waals surface area contributed by atoms with Crippen molar-refractivity contribution < 1.29 is 4.92 Å². The Morgan fingerprint density at radius 2 is 1.56 bits per heavy atom. The molecule has 0 aliphatic carbocycles. The predicted molar refractivity (Wildman–Crippen MR) is 78.2 cm³/mol. The molecule has 0 bridgehead atoms. The third kappa shape index (κ3) is 3.10. The van der Waals surface area contributed by atoms with Crippen molar-refractivity contribution >= 4 is 21.6 Å². The average molecular weight is 314 g/mol. The second-order valence-electron chi connectivity index (χ2n) is 6.61. The third-order valence-electron chi connectivity index (χ3n) is 2.92. The highest BCUT2D eigenvalue weighted by Gasteiger charge is 2.30. The van der Waals surface area contributed by atoms with Crippen LogP contribution < -0.4 is 0 Å². The van der Waals surface area contributed by atoms with E-state index in [1.54, 1.807) is 0 Å². The number of hydrogen-bond donors (Lipinski definition) is 0. The Morgan fingerprint density at radius 1 is 1.06 bits per heavy atom. The van der Waals surface area contributed by atoms with Crippen LogP contribution in [0.25, 0.3) is 0 Å². The van der Waals surface area contributed by atoms with Gasteiger partial charge in [-0.2, -0.15) is 0 Å². The second-order valence-corrected chi connectivity index (χ2v) is 7.47. The summed E-state index contributed by atoms with van der Waals surface area (Å²) in [6.45, 7) is 12.3. The van der Waals surface area contributed by atoms with Crippen LogP contribution >= 0.6 is 15.9 Å². The van der Waals surface area contributed by atoms with Gasteiger partial charge in [0.15, 0.2) is 0 Å². The lowest BCUT2D eigenvalue weighted by Crippen LogP contribution is -2.18. The summed E-state index contributed by atoms with van der Waals surface area (Å²) in [5.41, 5.74) is 1.76. The fourth-order valence-electron chi connectivity index (χ4n) is 1.79. The topological polar surface area (TPSA) is 43.1 Å². The zero-order valence-corrected chi connectivity index (χ0v) is 13.4. The largest absolute Gasteiger partial charge is 0.287 e. The van der Waals surface area contributed by atoms with E-state index in [1.165, 1.54) is 0 Å². The summed E-state index contributed by atoms with van der Waals surface area (Å²) in [5, 5.41) is 11.2. The smallest absolute Gasteiger partial charge is 0.258 e. The molecule has 0 amide bonds. The van der Waals surface area contributed by atoms with Gasteiger partial charge < -0.3 is 0 Å². The minimum atomic E-state index is -0.308. The van der Waals surface area contributed by atoms with E-state index < -0.39 is 0 Å². The summed E-state index contributed by atoms with van der Waals surface area (Å²) in [5.74, 6) is 0. The SMILES string of the molecule is CC(C)(C)c1cc(Br)c([N+](=O)[O-])c(C(C)(C)C)c1. The van der Waals surface area contributed by atoms with E-state index >= 15 is 0 Å². The molecular weight excluding hydrogens is 294 g/mol. The molecule has 0 aliphatic heterocycles. The Kier molecular flexibility index (Phi) is 3.92. The molecule has 100 valence electrons. The van der Waals surface area contributed by atoms with Crippen LogP contribution in [0.5, 0.6) is 0 Å². The van der Waals surface area contributed by atoms with Gasteiger partial charge in [-0.1, -0.05) is 41.5 Å². The summed E-state index contributed by atoms with van der Waals surface area (Å²) in [4.78, 5) is 10.9. The van der Waals surface area contributed by atoms with Gasteiger partial charge in [0.25, 0.3) is 5.69 Å². The molecule has 0 N–H and O–H groups in total. The maximum atomic E-state index is 11.2. The van der Waals surface area contributed by atoms with Gasteiger partial charge in [0.05, 0.1) is 9.40 Å². The highest BCUT2D eigenvalue weighted by atomic mass is 79.9. The third-order valence-corrected chi connectivity index (χ3v) is 3.52. The number of hydrogen-bond acceptors (Lipinski definition) is 2. The van der Waals surface area contributed by atoms with Crippen LogP contribution in [-0.2, 0) is 10.8 Å². The Morgan fingerprint density at radius 3 is 1.89 bits per heavy atom. The highest BCUT2D eigenvalue weighted by Crippen LogP contribution is 2.40. The predicted octanol–water partition coefficient (Wildman–Crippen LogP) is 4.95. The molecule has 1 aromatic carbocycles. The molecule has 0 aliphatic rings. The van der Waals surface area contributed by atoms with E-state index in [4.69, 9.17) is 0 Å². The van der Waals surface area contributed by atoms with E-state index in [0.29, 0.717) is 4.47 Å². The van der Waals surface area contributed by atoms with Crippen LogP contribution in [0.1, 0.15) is 52.7 Å². The van der Waals surface area contributed by atoms with Crippen molar-refractivity contribution in [1.29, 1.82) is 0 Å². The van der Waals surface area contributed by atoms with Crippen LogP contribution in [-0.4, -0.2) is 4.92 Å². The second kappa shape index (κ2) is 4.65. The van der Waals surface area contributed by atoms with Crippen molar-refractivity contribution in [2.75, 3.05) is 0 Å². The van der Waals surface area contributed by atoms with Crippen molar-refractivity contribution in [3.05, 3.63) is 37.8 Å². The molecule has 18 heavy (non-hydrogen) atoms. The summed E-state index contributed by atoms with van der Waals surface area (Å²) < 4.78 is 0.560. The van der Waals surface area contributed by atoms with Crippen molar-refractivity contribution in [2.24, 2.45) is 0 Å². The standard InChI is InChI=1S/C14H20BrNO2/c1-13(2,3)9-7-10(14(4,5)6)12(16(17)18)11(15)8-9/h7-8H,1-6H3. The molecule has 0 radical (unpaired) electrons. The molecule has 4 heteroatoms. The van der Waals surface area contributed by atoms with Gasteiger partial charge in [-0.3, -0.25) is 10.1 Å². The number of nitro groups is 1. The normalized spacial score (nSPS) is 12.6. The molecule has 0 saturated heterocycles. The quantitative estimate of drug-likeness (QED) is 0.543. The number of nitrogens with zero attached hydrogens (tertiary/aromatic N) is 1. The average Bonchev–Trinajstić information content (AvgIpc) is 2.12. The first-order chi connectivity index (χ1) is 7.94. The Balaban J connectivity index is 3.64. The van der Waals surface area contributed by atoms with Crippen LogP contribution in [0.2, 0.25) is 0 Å². The number of halogens is 1. The van der Waals surface area contributed by atoms with Gasteiger partial charge in [0.2, 0.25) is 0 Å². The molecule has 1 rings (SSSR count). The minimum Gasteiger partial charge on any atom is -0.258 e. The van der Waals surface area contributed by atoms with E-state index in [0.717, 1.165) is 11.1 Å². The zero-order valence-electron chi connectivity index (χ0n) is 11.8. The zero-order chi connectivity index (χ0) is 14.3. The summed E-state index contributed by atoms with van der Waals surface area (Å²) >= 11 is 3.34. The monoisotopic (exact) mass is 313 g/mol. The molecule has 1 aromatic rings. The maximum Gasteiger partial charge on any atom is 0.287 e. The maximum absolute atomic E-state index is 11.2. The molecule has 0 spiro atoms. The van der Waals surface area contributed by atoms with E-state index in [9.17, 15) is 10.1 Å². The molecule has 0 heterocycles. The molecule has 0 atom stereocenters. The fourth-order valence-corrected chi connectivity index (χ4v) is 2.39. The van der Waals surface area contributed by atoms with E-state index in [1.807, 2.05) is 32.9 Å². The fraction of sp³-hybridized carbons (Fsp3) is 0.571. The van der Waals surface area contributed by atoms with Crippen molar-refractivity contribution in [3.63, 3.8) is 0 Å². The van der Waals surface area contributed by atoms with Gasteiger partial charge in [-0.15, -0.1) is 0 Å². The minimum absolute atomic E-state index is 0.0301. The van der Waals surface area contributed by atoms with E-state index in [2.05, 4.69) is 36.7 Å². The lowest BCUT2D eigenvalue weighted by molar-refractivity contribution is -0.386. The molecule has 0 aromatic heterocycles. The molecule has 0 fully saturated rings. The summed E-state index contributed by atoms with van der Waals surface area (Å²) in [6.07, 6.45) is 0. The Hall–Kier alpha value is -0.900. The first-order valence-corrected chi connectivity index (χ1v) is 6.73. The van der Waals surface area contributed by atoms with Gasteiger partial charge in [-0.25, -0.2) is 0 Å². The van der Waals surface area contributed by atoms with Crippen LogP contribution in [0.4, 0.5) is 5.69 Å². The summed E-state index contributed by atoms with van der Waals surface area (Å²) in [7, 11) is 0. The lowest BCUT2D eigenvalue weighted by atomic mass is 9.80. The van der Waals surface area contributed by atoms with Gasteiger partial charge in [0.1, 0.15) is 0 Å². The molecule has 3 nitrogen and oxygen atoms in total. The molecular formula is C14H20BrNO2. The van der Waals surface area contributed by atoms with Crippen molar-refractivity contribution in [3.8, 4) is 0 Å². The van der Waals surface area contributed by atoms with Crippen LogP contribution in [0.15, 0.2) is 16.6 Å². The summed E-state index contributed by atoms with van der Waals surface area (Å²) in [6, 6.07) is 3.82. The molecule has 0 unspecified atom stereocenters. The first kappa shape index (κ1) is 15.2. The Bertz CT molecular complexity index is 482. The van der Waals surface area contributed by atoms with Crippen LogP contribution in [0.3, 0.4) is 0 Å². The first-order valence-electron chi connectivity index (χ1n) is 5.93. The van der Waals surface area contributed by atoms with Gasteiger partial charge in [0, 0.05) is 5.56 Å². The van der Waals surface area contributed by atoms with Crippen molar-refractivity contribution in [2.45, 2.75) is 52.4 Å². The lowest BCUT2D eigenvalue weighted by Gasteiger charge is -2.25. The Labute approximate surface area is 117 Å². The van der Waals surface area contributed by atoms with E-state index in [-0.39, 0.29) is 21.4 Å². The van der Waals surface area contributed by atoms with Crippen molar-refractivity contribution in [1.82, 2.24) is 0 Å². The van der Waals surface area contributed by atoms with Gasteiger partial charge in [-0.05, 0) is 44.5 Å². The number of nitro benzene ring substituents is 1. The van der Waals surface area contributed by atoms with Crippen LogP contribution in [0, 0.1) is 10.1 Å².